The fourth-order valence-electron chi connectivity index (χ4n) is 3.43. The first-order valence-electron chi connectivity index (χ1n) is 8.34. The van der Waals surface area contributed by atoms with Gasteiger partial charge in [0, 0.05) is 43.2 Å². The van der Waals surface area contributed by atoms with Crippen LogP contribution >= 0.6 is 0 Å². The SMILES string of the molecule is O=c1[nH]c2c(c3nc(-c4ccccc4F)nn13)CN(c1cc[nH]c1)CC2. The summed E-state index contributed by atoms with van der Waals surface area (Å²) < 4.78 is 15.3. The fourth-order valence-corrected chi connectivity index (χ4v) is 3.43. The van der Waals surface area contributed by atoms with Crippen molar-refractivity contribution in [2.75, 3.05) is 11.4 Å². The van der Waals surface area contributed by atoms with Crippen LogP contribution in [0.4, 0.5) is 10.1 Å². The number of hydrogen-bond donors (Lipinski definition) is 2. The van der Waals surface area contributed by atoms with Crippen molar-refractivity contribution >= 4 is 11.3 Å². The average molecular weight is 350 g/mol. The Kier molecular flexibility index (Phi) is 3.18. The van der Waals surface area contributed by atoms with E-state index in [0.29, 0.717) is 18.6 Å². The first-order chi connectivity index (χ1) is 12.7. The minimum Gasteiger partial charge on any atom is -0.366 e. The molecule has 5 rings (SSSR count). The molecule has 26 heavy (non-hydrogen) atoms. The van der Waals surface area contributed by atoms with Gasteiger partial charge in [-0.1, -0.05) is 12.1 Å². The van der Waals surface area contributed by atoms with Crippen molar-refractivity contribution in [3.8, 4) is 11.4 Å². The highest BCUT2D eigenvalue weighted by Crippen LogP contribution is 2.26. The molecule has 8 heteroatoms. The Morgan fingerprint density at radius 2 is 2.08 bits per heavy atom. The maximum atomic E-state index is 14.1. The summed E-state index contributed by atoms with van der Waals surface area (Å²) in [5, 5.41) is 4.24. The van der Waals surface area contributed by atoms with Crippen LogP contribution in [0.25, 0.3) is 17.0 Å². The van der Waals surface area contributed by atoms with Gasteiger partial charge in [0.05, 0.1) is 11.3 Å². The van der Waals surface area contributed by atoms with E-state index in [1.165, 1.54) is 10.6 Å². The number of hydrogen-bond acceptors (Lipinski definition) is 4. The van der Waals surface area contributed by atoms with Gasteiger partial charge in [0.15, 0.2) is 11.5 Å². The van der Waals surface area contributed by atoms with Crippen LogP contribution < -0.4 is 10.6 Å². The van der Waals surface area contributed by atoms with Crippen molar-refractivity contribution in [1.82, 2.24) is 24.6 Å². The van der Waals surface area contributed by atoms with E-state index in [4.69, 9.17) is 0 Å². The molecule has 130 valence electrons. The molecule has 4 aromatic rings. The van der Waals surface area contributed by atoms with Crippen LogP contribution in [0.5, 0.6) is 0 Å². The normalized spacial score (nSPS) is 14.0. The molecular weight excluding hydrogens is 335 g/mol. The summed E-state index contributed by atoms with van der Waals surface area (Å²) in [4.78, 5) is 25.0. The van der Waals surface area contributed by atoms with E-state index in [-0.39, 0.29) is 17.1 Å². The van der Waals surface area contributed by atoms with Crippen LogP contribution in [0.1, 0.15) is 11.3 Å². The van der Waals surface area contributed by atoms with E-state index in [0.717, 1.165) is 23.5 Å². The van der Waals surface area contributed by atoms with Crippen molar-refractivity contribution in [3.05, 3.63) is 70.3 Å². The number of halogens is 1. The summed E-state index contributed by atoms with van der Waals surface area (Å²) in [7, 11) is 0. The predicted octanol–water partition coefficient (Wildman–Crippen LogP) is 2.11. The molecule has 0 radical (unpaired) electrons. The first-order valence-corrected chi connectivity index (χ1v) is 8.34. The molecule has 0 fully saturated rings. The molecule has 1 aliphatic heterocycles. The molecule has 2 N–H and O–H groups in total. The van der Waals surface area contributed by atoms with E-state index in [9.17, 15) is 9.18 Å². The van der Waals surface area contributed by atoms with Gasteiger partial charge in [-0.25, -0.2) is 14.2 Å². The Morgan fingerprint density at radius 1 is 1.19 bits per heavy atom. The molecule has 1 aliphatic rings. The molecule has 0 unspecified atom stereocenters. The fraction of sp³-hybridized carbons (Fsp3) is 0.167. The highest BCUT2D eigenvalue weighted by molar-refractivity contribution is 5.62. The zero-order valence-corrected chi connectivity index (χ0v) is 13.7. The van der Waals surface area contributed by atoms with Crippen molar-refractivity contribution in [2.24, 2.45) is 0 Å². The zero-order valence-electron chi connectivity index (χ0n) is 13.7. The zero-order chi connectivity index (χ0) is 17.7. The smallest absolute Gasteiger partial charge is 0.348 e. The summed E-state index contributed by atoms with van der Waals surface area (Å²) in [6, 6.07) is 8.29. The van der Waals surface area contributed by atoms with Crippen LogP contribution in [0, 0.1) is 5.82 Å². The number of aromatic amines is 2. The molecule has 0 saturated heterocycles. The topological polar surface area (TPSA) is 82.1 Å². The lowest BCUT2D eigenvalue weighted by Gasteiger charge is -2.29. The second-order valence-corrected chi connectivity index (χ2v) is 6.28. The van der Waals surface area contributed by atoms with Crippen LogP contribution in [0.15, 0.2) is 47.5 Å². The summed E-state index contributed by atoms with van der Waals surface area (Å²) in [5.74, 6) is -0.205. The van der Waals surface area contributed by atoms with Crippen molar-refractivity contribution < 1.29 is 4.39 Å². The van der Waals surface area contributed by atoms with Gasteiger partial charge < -0.3 is 14.9 Å². The second kappa shape index (κ2) is 5.55. The Labute approximate surface area is 147 Å². The van der Waals surface area contributed by atoms with E-state index in [2.05, 4.69) is 25.0 Å². The molecule has 3 aromatic heterocycles. The van der Waals surface area contributed by atoms with Gasteiger partial charge in [-0.15, -0.1) is 5.10 Å². The molecule has 0 spiro atoms. The van der Waals surface area contributed by atoms with Gasteiger partial charge in [0.1, 0.15) is 5.82 Å². The molecule has 0 atom stereocenters. The first kappa shape index (κ1) is 14.9. The van der Waals surface area contributed by atoms with Crippen molar-refractivity contribution in [2.45, 2.75) is 13.0 Å². The number of nitrogens with zero attached hydrogens (tertiary/aromatic N) is 4. The van der Waals surface area contributed by atoms with E-state index in [1.54, 1.807) is 18.2 Å². The lowest BCUT2D eigenvalue weighted by molar-refractivity contribution is 0.630. The molecule has 0 bridgehead atoms. The highest BCUT2D eigenvalue weighted by Gasteiger charge is 2.24. The minimum atomic E-state index is -0.414. The third-order valence-corrected chi connectivity index (χ3v) is 4.73. The number of benzene rings is 1. The third kappa shape index (κ3) is 2.22. The van der Waals surface area contributed by atoms with E-state index >= 15 is 0 Å². The van der Waals surface area contributed by atoms with Crippen LogP contribution in [0.3, 0.4) is 0 Å². The second-order valence-electron chi connectivity index (χ2n) is 6.28. The summed E-state index contributed by atoms with van der Waals surface area (Å²) in [6.45, 7) is 1.40. The average Bonchev–Trinajstić information content (AvgIpc) is 3.32. The quantitative estimate of drug-likeness (QED) is 0.580. The van der Waals surface area contributed by atoms with Gasteiger partial charge in [0.25, 0.3) is 0 Å². The molecule has 0 amide bonds. The summed E-state index contributed by atoms with van der Waals surface area (Å²) in [5.41, 5.74) is 3.25. The predicted molar refractivity (Wildman–Crippen MR) is 94.5 cm³/mol. The Bertz CT molecular complexity index is 1160. The van der Waals surface area contributed by atoms with Crippen LogP contribution in [-0.4, -0.2) is 31.1 Å². The number of H-pyrrole nitrogens is 2. The molecule has 0 saturated carbocycles. The van der Waals surface area contributed by atoms with Crippen LogP contribution in [-0.2, 0) is 13.0 Å². The van der Waals surface area contributed by atoms with E-state index in [1.807, 2.05) is 18.5 Å². The lowest BCUT2D eigenvalue weighted by Crippen LogP contribution is -2.34. The lowest BCUT2D eigenvalue weighted by atomic mass is 10.1. The number of aromatic nitrogens is 5. The summed E-state index contributed by atoms with van der Waals surface area (Å²) >= 11 is 0. The largest absolute Gasteiger partial charge is 0.366 e. The van der Waals surface area contributed by atoms with Gasteiger partial charge in [-0.3, -0.25) is 0 Å². The van der Waals surface area contributed by atoms with Crippen molar-refractivity contribution in [1.29, 1.82) is 0 Å². The monoisotopic (exact) mass is 350 g/mol. The number of rotatable bonds is 2. The Balaban J connectivity index is 1.67. The maximum Gasteiger partial charge on any atom is 0.348 e. The molecule has 4 heterocycles. The molecule has 1 aromatic carbocycles. The van der Waals surface area contributed by atoms with Gasteiger partial charge in [-0.05, 0) is 18.2 Å². The molecular formula is C18H15FN6O. The number of anilines is 1. The van der Waals surface area contributed by atoms with Crippen LogP contribution in [0.2, 0.25) is 0 Å². The Morgan fingerprint density at radius 3 is 2.88 bits per heavy atom. The minimum absolute atomic E-state index is 0.209. The van der Waals surface area contributed by atoms with Gasteiger partial charge in [-0.2, -0.15) is 4.52 Å². The number of fused-ring (bicyclic) bond motifs is 3. The Hall–Kier alpha value is -3.42. The van der Waals surface area contributed by atoms with E-state index < -0.39 is 5.82 Å². The third-order valence-electron chi connectivity index (χ3n) is 4.73. The standard InChI is InChI=1S/C18H15FN6O/c19-14-4-2-1-3-12(14)16-22-17-13-10-24(11-5-7-20-9-11)8-6-15(13)21-18(26)25(17)23-16/h1-5,7,9,20H,6,8,10H2,(H,21,26). The summed E-state index contributed by atoms with van der Waals surface area (Å²) in [6.07, 6.45) is 4.51. The molecule has 7 nitrogen and oxygen atoms in total. The maximum absolute atomic E-state index is 14.1. The van der Waals surface area contributed by atoms with Gasteiger partial charge in [0.2, 0.25) is 0 Å². The molecule has 0 aliphatic carbocycles. The van der Waals surface area contributed by atoms with Crippen molar-refractivity contribution in [3.63, 3.8) is 0 Å². The van der Waals surface area contributed by atoms with Gasteiger partial charge >= 0.3 is 5.69 Å². The number of nitrogens with one attached hydrogen (secondary N) is 2. The highest BCUT2D eigenvalue weighted by atomic mass is 19.1.